The van der Waals surface area contributed by atoms with Crippen LogP contribution in [0.2, 0.25) is 0 Å². The van der Waals surface area contributed by atoms with Crippen molar-refractivity contribution in [1.29, 1.82) is 0 Å². The Balaban J connectivity index is 1.30. The normalized spacial score (nSPS) is 18.2. The van der Waals surface area contributed by atoms with E-state index in [0.29, 0.717) is 17.2 Å². The SMILES string of the molecule is COc1cc2c(cc1OC)[C@H](Cc1ccc(O)c(Oc3cc4c(cc3OC)CCN(C)[C@@H]4Cc3ccc(O)cc3)c1)N(C)CC2. The van der Waals surface area contributed by atoms with E-state index in [4.69, 9.17) is 18.9 Å². The molecule has 2 N–H and O–H groups in total. The Hall–Kier alpha value is -4.40. The molecule has 4 aromatic carbocycles. The first-order valence-corrected chi connectivity index (χ1v) is 15.4. The fraction of sp³-hybridized carbons (Fsp3) is 0.351. The zero-order valence-electron chi connectivity index (χ0n) is 26.7. The Bertz CT molecular complexity index is 1670. The Labute approximate surface area is 265 Å². The third kappa shape index (κ3) is 6.26. The van der Waals surface area contributed by atoms with Crippen LogP contribution < -0.4 is 18.9 Å². The first-order valence-electron chi connectivity index (χ1n) is 15.4. The lowest BCUT2D eigenvalue weighted by atomic mass is 9.88. The molecule has 8 nitrogen and oxygen atoms in total. The van der Waals surface area contributed by atoms with Gasteiger partial charge in [0.15, 0.2) is 34.5 Å². The summed E-state index contributed by atoms with van der Waals surface area (Å²) >= 11 is 0. The van der Waals surface area contributed by atoms with Crippen LogP contribution in [0, 0.1) is 0 Å². The number of hydrogen-bond donors (Lipinski definition) is 2. The van der Waals surface area contributed by atoms with Gasteiger partial charge in [0.2, 0.25) is 0 Å². The highest BCUT2D eigenvalue weighted by Crippen LogP contribution is 2.44. The Morgan fingerprint density at radius 1 is 0.600 bits per heavy atom. The van der Waals surface area contributed by atoms with E-state index in [1.165, 1.54) is 22.3 Å². The molecule has 2 aliphatic heterocycles. The van der Waals surface area contributed by atoms with Gasteiger partial charge in [0.05, 0.1) is 21.3 Å². The maximum atomic E-state index is 10.9. The average molecular weight is 611 g/mol. The van der Waals surface area contributed by atoms with E-state index >= 15 is 0 Å². The number of rotatable bonds is 9. The first kappa shape index (κ1) is 30.6. The molecular formula is C37H42N2O6. The average Bonchev–Trinajstić information content (AvgIpc) is 3.05. The van der Waals surface area contributed by atoms with Crippen molar-refractivity contribution in [1.82, 2.24) is 9.80 Å². The number of phenols is 2. The van der Waals surface area contributed by atoms with Crippen LogP contribution in [0.5, 0.6) is 40.2 Å². The van der Waals surface area contributed by atoms with E-state index in [2.05, 4.69) is 48.2 Å². The molecule has 2 atom stereocenters. The molecule has 0 radical (unpaired) electrons. The smallest absolute Gasteiger partial charge is 0.169 e. The van der Waals surface area contributed by atoms with Gasteiger partial charge >= 0.3 is 0 Å². The van der Waals surface area contributed by atoms with Crippen molar-refractivity contribution in [3.8, 4) is 40.2 Å². The minimum Gasteiger partial charge on any atom is -0.508 e. The molecule has 8 heteroatoms. The summed E-state index contributed by atoms with van der Waals surface area (Å²) in [6.45, 7) is 1.86. The van der Waals surface area contributed by atoms with Gasteiger partial charge in [-0.05, 0) is 122 Å². The minimum absolute atomic E-state index is 0.0695. The number of hydrogen-bond acceptors (Lipinski definition) is 8. The first-order chi connectivity index (χ1) is 21.8. The van der Waals surface area contributed by atoms with Crippen LogP contribution >= 0.6 is 0 Å². The largest absolute Gasteiger partial charge is 0.508 e. The van der Waals surface area contributed by atoms with Crippen LogP contribution in [0.25, 0.3) is 0 Å². The van der Waals surface area contributed by atoms with Crippen LogP contribution in [0.15, 0.2) is 66.7 Å². The highest BCUT2D eigenvalue weighted by Gasteiger charge is 2.29. The van der Waals surface area contributed by atoms with Crippen LogP contribution in [-0.4, -0.2) is 68.5 Å². The van der Waals surface area contributed by atoms with Crippen molar-refractivity contribution >= 4 is 0 Å². The van der Waals surface area contributed by atoms with E-state index in [0.717, 1.165) is 61.4 Å². The summed E-state index contributed by atoms with van der Waals surface area (Å²) in [5.41, 5.74) is 7.07. The van der Waals surface area contributed by atoms with Gasteiger partial charge in [0.1, 0.15) is 5.75 Å². The maximum absolute atomic E-state index is 10.9. The monoisotopic (exact) mass is 610 g/mol. The molecule has 6 rings (SSSR count). The van der Waals surface area contributed by atoms with Gasteiger partial charge in [0, 0.05) is 25.2 Å². The molecule has 0 amide bonds. The summed E-state index contributed by atoms with van der Waals surface area (Å²) in [5.74, 6) is 3.38. The van der Waals surface area contributed by atoms with Gasteiger partial charge in [-0.25, -0.2) is 0 Å². The predicted molar refractivity (Wildman–Crippen MR) is 174 cm³/mol. The number of likely N-dealkylation sites (N-methyl/N-ethyl adjacent to an activating group) is 2. The zero-order valence-corrected chi connectivity index (χ0v) is 26.7. The second kappa shape index (κ2) is 12.9. The molecule has 0 unspecified atom stereocenters. The number of ether oxygens (including phenoxy) is 4. The minimum atomic E-state index is 0.0695. The van der Waals surface area contributed by atoms with Crippen molar-refractivity contribution in [2.75, 3.05) is 48.5 Å². The molecule has 4 aromatic rings. The van der Waals surface area contributed by atoms with Crippen molar-refractivity contribution in [2.24, 2.45) is 0 Å². The molecule has 2 heterocycles. The highest BCUT2D eigenvalue weighted by atomic mass is 16.5. The van der Waals surface area contributed by atoms with Crippen LogP contribution in [0.3, 0.4) is 0 Å². The number of methoxy groups -OCH3 is 3. The van der Waals surface area contributed by atoms with Crippen LogP contribution in [0.1, 0.15) is 45.5 Å². The molecule has 0 saturated carbocycles. The van der Waals surface area contributed by atoms with Crippen LogP contribution in [-0.2, 0) is 25.7 Å². The summed E-state index contributed by atoms with van der Waals surface area (Å²) in [4.78, 5) is 4.71. The second-order valence-electron chi connectivity index (χ2n) is 12.1. The van der Waals surface area contributed by atoms with E-state index in [1.54, 1.807) is 39.5 Å². The van der Waals surface area contributed by atoms with E-state index in [1.807, 2.05) is 24.3 Å². The third-order valence-corrected chi connectivity index (χ3v) is 9.36. The molecule has 0 spiro atoms. The van der Waals surface area contributed by atoms with Crippen molar-refractivity contribution in [3.63, 3.8) is 0 Å². The fourth-order valence-electron chi connectivity index (χ4n) is 6.72. The van der Waals surface area contributed by atoms with Gasteiger partial charge in [-0.3, -0.25) is 9.80 Å². The molecule has 0 aromatic heterocycles. The van der Waals surface area contributed by atoms with E-state index in [9.17, 15) is 10.2 Å². The maximum Gasteiger partial charge on any atom is 0.169 e. The van der Waals surface area contributed by atoms with Crippen molar-refractivity contribution < 1.29 is 29.2 Å². The summed E-state index contributed by atoms with van der Waals surface area (Å²) in [7, 11) is 9.26. The molecule has 0 fully saturated rings. The summed E-state index contributed by atoms with van der Waals surface area (Å²) in [6.07, 6.45) is 3.37. The highest BCUT2D eigenvalue weighted by molar-refractivity contribution is 5.54. The summed E-state index contributed by atoms with van der Waals surface area (Å²) in [5, 5.41) is 20.7. The fourth-order valence-corrected chi connectivity index (χ4v) is 6.72. The van der Waals surface area contributed by atoms with E-state index < -0.39 is 0 Å². The summed E-state index contributed by atoms with van der Waals surface area (Å²) in [6, 6.07) is 21.6. The number of phenolic OH excluding ortho intramolecular Hbond substituents is 2. The second-order valence-corrected chi connectivity index (χ2v) is 12.1. The van der Waals surface area contributed by atoms with Crippen molar-refractivity contribution in [3.05, 3.63) is 100 Å². The van der Waals surface area contributed by atoms with Crippen molar-refractivity contribution in [2.45, 2.75) is 37.8 Å². The Morgan fingerprint density at radius 2 is 1.09 bits per heavy atom. The standard InChI is InChI=1S/C37H42N2O6/c1-38-14-13-26-20-35(43-4)37(22-29(26)30(38)16-23-6-9-27(40)10-7-23)45-33-18-24(8-11-32(33)41)17-31-28-21-36(44-5)34(42-3)19-25(28)12-15-39(31)2/h6-11,18-22,30-31,40-41H,12-17H2,1-5H3/t30-,31+/m1/s1. The molecule has 0 saturated heterocycles. The Morgan fingerprint density at radius 3 is 1.67 bits per heavy atom. The van der Waals surface area contributed by atoms with Crippen LogP contribution in [0.4, 0.5) is 0 Å². The topological polar surface area (TPSA) is 83.9 Å². The molecule has 0 aliphatic carbocycles. The number of fused-ring (bicyclic) bond motifs is 2. The van der Waals surface area contributed by atoms with Gasteiger partial charge in [-0.2, -0.15) is 0 Å². The molecule has 236 valence electrons. The number of aromatic hydroxyl groups is 2. The lowest BCUT2D eigenvalue weighted by molar-refractivity contribution is 0.227. The molecular weight excluding hydrogens is 568 g/mol. The predicted octanol–water partition coefficient (Wildman–Crippen LogP) is 6.46. The van der Waals surface area contributed by atoms with Gasteiger partial charge in [-0.15, -0.1) is 0 Å². The van der Waals surface area contributed by atoms with Gasteiger partial charge in [0.25, 0.3) is 0 Å². The lowest BCUT2D eigenvalue weighted by Crippen LogP contribution is -2.33. The van der Waals surface area contributed by atoms with E-state index in [-0.39, 0.29) is 23.6 Å². The molecule has 45 heavy (non-hydrogen) atoms. The molecule has 0 bridgehead atoms. The lowest BCUT2D eigenvalue weighted by Gasteiger charge is -2.35. The van der Waals surface area contributed by atoms with Gasteiger partial charge in [-0.1, -0.05) is 18.2 Å². The number of benzene rings is 4. The quantitative estimate of drug-likeness (QED) is 0.224. The van der Waals surface area contributed by atoms with Gasteiger partial charge < -0.3 is 29.2 Å². The number of nitrogens with zero attached hydrogens (tertiary/aromatic N) is 2. The third-order valence-electron chi connectivity index (χ3n) is 9.36. The summed E-state index contributed by atoms with van der Waals surface area (Å²) < 4.78 is 23.4. The molecule has 2 aliphatic rings. The Kier molecular flexibility index (Phi) is 8.79. The zero-order chi connectivity index (χ0) is 31.7.